The molecule has 1 N–H and O–H groups in total. The van der Waals surface area contributed by atoms with Crippen molar-refractivity contribution < 1.29 is 5.11 Å². The van der Waals surface area contributed by atoms with Crippen LogP contribution in [0.15, 0.2) is 60.7 Å². The quantitative estimate of drug-likeness (QED) is 0.918. The van der Waals surface area contributed by atoms with Crippen LogP contribution in [0.5, 0.6) is 0 Å². The van der Waals surface area contributed by atoms with Crippen molar-refractivity contribution in [2.24, 2.45) is 0 Å². The molecule has 0 radical (unpaired) electrons. The Balaban J connectivity index is 1.46. The molecule has 0 bridgehead atoms. The third-order valence-electron chi connectivity index (χ3n) is 4.33. The van der Waals surface area contributed by atoms with Crippen LogP contribution in [-0.4, -0.2) is 47.6 Å². The minimum absolute atomic E-state index is 0.387. The van der Waals surface area contributed by atoms with Gasteiger partial charge in [-0.25, -0.2) is 0 Å². The van der Waals surface area contributed by atoms with Gasteiger partial charge in [-0.05, 0) is 11.1 Å². The standard InChI is InChI=1S/C19H24N2O/c22-19(18-9-5-2-6-10-18)16-21-13-11-20(12-14-21)15-17-7-3-1-4-8-17/h1-10,19,22H,11-16H2/t19-/m1/s1. The summed E-state index contributed by atoms with van der Waals surface area (Å²) in [6, 6.07) is 20.6. The van der Waals surface area contributed by atoms with E-state index in [0.717, 1.165) is 44.8 Å². The third-order valence-corrected chi connectivity index (χ3v) is 4.33. The minimum atomic E-state index is -0.387. The topological polar surface area (TPSA) is 26.7 Å². The van der Waals surface area contributed by atoms with Crippen LogP contribution in [0.1, 0.15) is 17.2 Å². The van der Waals surface area contributed by atoms with Gasteiger partial charge in [0.05, 0.1) is 6.10 Å². The van der Waals surface area contributed by atoms with E-state index in [1.54, 1.807) is 0 Å². The summed E-state index contributed by atoms with van der Waals surface area (Å²) in [5.74, 6) is 0. The molecular weight excluding hydrogens is 272 g/mol. The fourth-order valence-electron chi connectivity index (χ4n) is 3.00. The first-order valence-corrected chi connectivity index (χ1v) is 8.03. The molecule has 0 unspecified atom stereocenters. The molecule has 3 heteroatoms. The summed E-state index contributed by atoms with van der Waals surface area (Å²) >= 11 is 0. The Bertz CT molecular complexity index is 550. The van der Waals surface area contributed by atoms with E-state index in [0.29, 0.717) is 0 Å². The third kappa shape index (κ3) is 4.17. The number of nitrogens with zero attached hydrogens (tertiary/aromatic N) is 2. The second-order valence-corrected chi connectivity index (χ2v) is 5.99. The van der Waals surface area contributed by atoms with Crippen molar-refractivity contribution in [3.05, 3.63) is 71.8 Å². The van der Waals surface area contributed by atoms with Gasteiger partial charge in [0.2, 0.25) is 0 Å². The molecule has 116 valence electrons. The van der Waals surface area contributed by atoms with Crippen LogP contribution in [0.2, 0.25) is 0 Å². The van der Waals surface area contributed by atoms with E-state index in [1.165, 1.54) is 5.56 Å². The first kappa shape index (κ1) is 15.2. The number of rotatable bonds is 5. The summed E-state index contributed by atoms with van der Waals surface area (Å²) in [6.07, 6.45) is -0.387. The summed E-state index contributed by atoms with van der Waals surface area (Å²) < 4.78 is 0. The number of benzene rings is 2. The Labute approximate surface area is 132 Å². The molecule has 1 fully saturated rings. The molecule has 0 spiro atoms. The lowest BCUT2D eigenvalue weighted by Gasteiger charge is -2.35. The van der Waals surface area contributed by atoms with Crippen LogP contribution in [0.3, 0.4) is 0 Å². The van der Waals surface area contributed by atoms with Gasteiger partial charge in [0.25, 0.3) is 0 Å². The first-order valence-electron chi connectivity index (χ1n) is 8.03. The second-order valence-electron chi connectivity index (χ2n) is 5.99. The summed E-state index contributed by atoms with van der Waals surface area (Å²) in [5.41, 5.74) is 2.38. The SMILES string of the molecule is O[C@H](CN1CCN(Cc2ccccc2)CC1)c1ccccc1. The highest BCUT2D eigenvalue weighted by Gasteiger charge is 2.19. The summed E-state index contributed by atoms with van der Waals surface area (Å²) in [4.78, 5) is 4.85. The van der Waals surface area contributed by atoms with E-state index in [1.807, 2.05) is 30.3 Å². The lowest BCUT2D eigenvalue weighted by Crippen LogP contribution is -2.47. The number of β-amino-alcohol motifs (C(OH)–C–C–N with tert-alkyl or cyclic N) is 1. The Morgan fingerprint density at radius 1 is 0.773 bits per heavy atom. The number of hydrogen-bond donors (Lipinski definition) is 1. The van der Waals surface area contributed by atoms with Gasteiger partial charge in [-0.15, -0.1) is 0 Å². The Hall–Kier alpha value is -1.68. The molecule has 0 aliphatic carbocycles. The van der Waals surface area contributed by atoms with E-state index in [9.17, 15) is 5.11 Å². The zero-order chi connectivity index (χ0) is 15.2. The maximum Gasteiger partial charge on any atom is 0.0916 e. The van der Waals surface area contributed by atoms with E-state index in [-0.39, 0.29) is 6.10 Å². The molecular formula is C19H24N2O. The van der Waals surface area contributed by atoms with Gasteiger partial charge in [0.1, 0.15) is 0 Å². The van der Waals surface area contributed by atoms with E-state index >= 15 is 0 Å². The van der Waals surface area contributed by atoms with Gasteiger partial charge in [-0.3, -0.25) is 9.80 Å². The second kappa shape index (κ2) is 7.54. The van der Waals surface area contributed by atoms with Crippen molar-refractivity contribution >= 4 is 0 Å². The molecule has 0 saturated carbocycles. The van der Waals surface area contributed by atoms with Crippen LogP contribution in [-0.2, 0) is 6.54 Å². The van der Waals surface area contributed by atoms with E-state index in [2.05, 4.69) is 40.1 Å². The highest BCUT2D eigenvalue weighted by Crippen LogP contribution is 2.15. The molecule has 22 heavy (non-hydrogen) atoms. The highest BCUT2D eigenvalue weighted by atomic mass is 16.3. The molecule has 3 rings (SSSR count). The molecule has 1 heterocycles. The van der Waals surface area contributed by atoms with Crippen molar-refractivity contribution in [2.75, 3.05) is 32.7 Å². The van der Waals surface area contributed by atoms with Crippen molar-refractivity contribution in [1.29, 1.82) is 0 Å². The number of aliphatic hydroxyl groups is 1. The smallest absolute Gasteiger partial charge is 0.0916 e. The fourth-order valence-corrected chi connectivity index (χ4v) is 3.00. The van der Waals surface area contributed by atoms with Crippen molar-refractivity contribution in [1.82, 2.24) is 9.80 Å². The van der Waals surface area contributed by atoms with Gasteiger partial charge < -0.3 is 5.11 Å². The lowest BCUT2D eigenvalue weighted by molar-refractivity contribution is 0.0701. The molecule has 1 saturated heterocycles. The molecule has 2 aromatic rings. The maximum absolute atomic E-state index is 10.3. The zero-order valence-electron chi connectivity index (χ0n) is 12.9. The van der Waals surface area contributed by atoms with Crippen molar-refractivity contribution in [2.45, 2.75) is 12.6 Å². The Kier molecular flexibility index (Phi) is 5.22. The number of hydrogen-bond acceptors (Lipinski definition) is 3. The number of aliphatic hydroxyl groups excluding tert-OH is 1. The molecule has 0 amide bonds. The largest absolute Gasteiger partial charge is 0.387 e. The Morgan fingerprint density at radius 2 is 1.32 bits per heavy atom. The van der Waals surface area contributed by atoms with Gasteiger partial charge in [-0.2, -0.15) is 0 Å². The van der Waals surface area contributed by atoms with Crippen molar-refractivity contribution in [3.8, 4) is 0 Å². The summed E-state index contributed by atoms with van der Waals surface area (Å²) in [5, 5.41) is 10.3. The molecule has 2 aromatic carbocycles. The highest BCUT2D eigenvalue weighted by molar-refractivity contribution is 5.17. The van der Waals surface area contributed by atoms with Crippen LogP contribution in [0.25, 0.3) is 0 Å². The van der Waals surface area contributed by atoms with E-state index < -0.39 is 0 Å². The average Bonchev–Trinajstić information content (AvgIpc) is 2.58. The monoisotopic (exact) mass is 296 g/mol. The lowest BCUT2D eigenvalue weighted by atomic mass is 10.1. The average molecular weight is 296 g/mol. The van der Waals surface area contributed by atoms with Crippen molar-refractivity contribution in [3.63, 3.8) is 0 Å². The van der Waals surface area contributed by atoms with Crippen LogP contribution < -0.4 is 0 Å². The fraction of sp³-hybridized carbons (Fsp3) is 0.368. The molecule has 0 aromatic heterocycles. The molecule has 1 atom stereocenters. The normalized spacial score (nSPS) is 18.2. The first-order chi connectivity index (χ1) is 10.8. The Morgan fingerprint density at radius 3 is 1.95 bits per heavy atom. The van der Waals surface area contributed by atoms with Gasteiger partial charge in [-0.1, -0.05) is 60.7 Å². The van der Waals surface area contributed by atoms with Gasteiger partial charge >= 0.3 is 0 Å². The predicted octanol–water partition coefficient (Wildman–Crippen LogP) is 2.54. The minimum Gasteiger partial charge on any atom is -0.387 e. The molecule has 1 aliphatic heterocycles. The van der Waals surface area contributed by atoms with Crippen LogP contribution >= 0.6 is 0 Å². The van der Waals surface area contributed by atoms with Crippen LogP contribution in [0, 0.1) is 0 Å². The number of piperazine rings is 1. The van der Waals surface area contributed by atoms with Crippen LogP contribution in [0.4, 0.5) is 0 Å². The van der Waals surface area contributed by atoms with Gasteiger partial charge in [0, 0.05) is 39.3 Å². The van der Waals surface area contributed by atoms with E-state index in [4.69, 9.17) is 0 Å². The summed E-state index contributed by atoms with van der Waals surface area (Å²) in [6.45, 7) is 5.93. The van der Waals surface area contributed by atoms with Gasteiger partial charge in [0.15, 0.2) is 0 Å². The zero-order valence-corrected chi connectivity index (χ0v) is 12.9. The predicted molar refractivity (Wildman–Crippen MR) is 89.6 cm³/mol. The maximum atomic E-state index is 10.3. The summed E-state index contributed by atoms with van der Waals surface area (Å²) in [7, 11) is 0. The molecule has 1 aliphatic rings. The molecule has 3 nitrogen and oxygen atoms in total.